The SMILES string of the molecule is CC/C=C\C/C=C\C/C=C\C/C=C\C/C=C\C/C=C\C/C=C\CCCCCCCCCCCC(=O)OC(COC(=O)CCCCCCCCCCCCCCCCCCCCCCCCCCCCCC/C=C\C/C=C\C/C=C\C/C=C\CC)COP(=O)(O)OCC[N+](C)(C)C. The number of unbranched alkanes of at least 4 members (excludes halogenated alkanes) is 37. The predicted molar refractivity (Wildman–Crippen MR) is 417 cm³/mol. The van der Waals surface area contributed by atoms with E-state index in [1.165, 1.54) is 199 Å². The Labute approximate surface area is 593 Å². The third-order valence-corrected chi connectivity index (χ3v) is 18.2. The van der Waals surface area contributed by atoms with Crippen LogP contribution in [0.1, 0.15) is 348 Å². The van der Waals surface area contributed by atoms with E-state index < -0.39 is 26.5 Å². The van der Waals surface area contributed by atoms with Gasteiger partial charge in [0.25, 0.3) is 0 Å². The summed E-state index contributed by atoms with van der Waals surface area (Å²) in [7, 11) is 1.47. The summed E-state index contributed by atoms with van der Waals surface area (Å²) in [5.41, 5.74) is 0. The summed E-state index contributed by atoms with van der Waals surface area (Å²) < 4.78 is 34.8. The Morgan fingerprint density at radius 1 is 0.323 bits per heavy atom. The molecule has 0 aliphatic carbocycles. The van der Waals surface area contributed by atoms with Gasteiger partial charge in [-0.2, -0.15) is 0 Å². The number of hydrogen-bond donors (Lipinski definition) is 1. The zero-order valence-electron chi connectivity index (χ0n) is 63.1. The van der Waals surface area contributed by atoms with Crippen LogP contribution in [0, 0.1) is 0 Å². The second-order valence-electron chi connectivity index (χ2n) is 27.7. The van der Waals surface area contributed by atoms with E-state index in [9.17, 15) is 19.0 Å². The molecule has 0 heterocycles. The van der Waals surface area contributed by atoms with Crippen molar-refractivity contribution in [1.82, 2.24) is 0 Å². The lowest BCUT2D eigenvalue weighted by molar-refractivity contribution is -0.870. The Balaban J connectivity index is 3.95. The smallest absolute Gasteiger partial charge is 0.462 e. The molecule has 0 fully saturated rings. The molecule has 0 radical (unpaired) electrons. The Morgan fingerprint density at radius 2 is 0.562 bits per heavy atom. The first kappa shape index (κ1) is 92.2. The highest BCUT2D eigenvalue weighted by molar-refractivity contribution is 7.47. The quantitative estimate of drug-likeness (QED) is 0.0211. The van der Waals surface area contributed by atoms with Gasteiger partial charge in [-0.15, -0.1) is 0 Å². The number of phosphoric acid groups is 1. The third kappa shape index (κ3) is 79.1. The van der Waals surface area contributed by atoms with Crippen LogP contribution in [-0.4, -0.2) is 74.9 Å². The van der Waals surface area contributed by atoms with E-state index in [1.807, 2.05) is 21.1 Å². The average Bonchev–Trinajstić information content (AvgIpc) is 1.97. The molecule has 96 heavy (non-hydrogen) atoms. The summed E-state index contributed by atoms with van der Waals surface area (Å²) in [6.07, 6.45) is 110. The second-order valence-corrected chi connectivity index (χ2v) is 29.1. The Bertz CT molecular complexity index is 2090. The van der Waals surface area contributed by atoms with E-state index in [-0.39, 0.29) is 32.0 Å². The van der Waals surface area contributed by atoms with E-state index in [0.29, 0.717) is 17.4 Å². The van der Waals surface area contributed by atoms with Gasteiger partial charge < -0.3 is 18.9 Å². The Morgan fingerprint density at radius 3 is 0.833 bits per heavy atom. The van der Waals surface area contributed by atoms with Crippen LogP contribution >= 0.6 is 7.82 Å². The normalized spacial score (nSPS) is 13.8. The number of rotatable bonds is 73. The fourth-order valence-corrected chi connectivity index (χ4v) is 11.9. The van der Waals surface area contributed by atoms with Crippen LogP contribution in [0.4, 0.5) is 0 Å². The highest BCUT2D eigenvalue weighted by atomic mass is 31.2. The molecule has 2 unspecified atom stereocenters. The number of phosphoric ester groups is 1. The molecule has 0 spiro atoms. The number of likely N-dealkylation sites (N-methyl/N-ethyl adjacent to an activating group) is 1. The van der Waals surface area contributed by atoms with E-state index >= 15 is 0 Å². The van der Waals surface area contributed by atoms with Gasteiger partial charge in [-0.3, -0.25) is 18.6 Å². The summed E-state index contributed by atoms with van der Waals surface area (Å²) in [5, 5.41) is 0. The van der Waals surface area contributed by atoms with Crippen molar-refractivity contribution in [3.63, 3.8) is 0 Å². The largest absolute Gasteiger partial charge is 0.472 e. The van der Waals surface area contributed by atoms with Crippen molar-refractivity contribution in [3.05, 3.63) is 134 Å². The monoisotopic (exact) mass is 1360 g/mol. The predicted octanol–water partition coefficient (Wildman–Crippen LogP) is 26.7. The first-order chi connectivity index (χ1) is 47.0. The van der Waals surface area contributed by atoms with Crippen LogP contribution in [0.25, 0.3) is 0 Å². The molecule has 0 saturated carbocycles. The zero-order chi connectivity index (χ0) is 69.7. The van der Waals surface area contributed by atoms with E-state index in [2.05, 4.69) is 148 Å². The fourth-order valence-electron chi connectivity index (χ4n) is 11.2. The zero-order valence-corrected chi connectivity index (χ0v) is 64.0. The summed E-state index contributed by atoms with van der Waals surface area (Å²) in [6, 6.07) is 0. The van der Waals surface area contributed by atoms with E-state index in [1.54, 1.807) is 0 Å². The van der Waals surface area contributed by atoms with E-state index in [0.717, 1.165) is 116 Å². The lowest BCUT2D eigenvalue weighted by Crippen LogP contribution is -2.37. The molecular formula is C86H151NO8P+. The van der Waals surface area contributed by atoms with Crippen molar-refractivity contribution < 1.29 is 42.1 Å². The molecule has 10 heteroatoms. The first-order valence-electron chi connectivity index (χ1n) is 39.9. The molecule has 0 aliphatic rings. The van der Waals surface area contributed by atoms with Gasteiger partial charge in [0.05, 0.1) is 27.7 Å². The summed E-state index contributed by atoms with van der Waals surface area (Å²) in [6.45, 7) is 4.23. The molecule has 2 atom stereocenters. The number of ether oxygens (including phenoxy) is 2. The fraction of sp³-hybridized carbons (Fsp3) is 0.721. The van der Waals surface area contributed by atoms with Crippen molar-refractivity contribution in [2.45, 2.75) is 354 Å². The standard InChI is InChI=1S/C86H150NO8P/c1-6-8-10-12-14-16-18-20-22-24-26-28-30-32-34-36-38-39-40-41-42-43-44-45-46-47-49-50-52-54-56-58-60-62-64-66-68-70-72-74-76-78-85(88)92-82-84(83-94-96(90,91)93-81-80-87(3,4)5)95-86(89)79-77-75-73-71-69-67-65-63-61-59-57-55-53-51-48-37-35-33-31-29-27-25-23-21-19-17-15-13-11-9-7-2/h8-11,14-17,20-23,26-29,33,35,48,51,55,57,84H,6-7,12-13,18-19,24-25,30-32,34,36-47,49-50,52-54,56,58-83H2,1-5H3/p+1/b10-8-,11-9-,16-14-,17-15-,22-20-,23-21-,28-26-,29-27-,35-33-,51-48-,57-55-. The highest BCUT2D eigenvalue weighted by Crippen LogP contribution is 2.43. The summed E-state index contributed by atoms with van der Waals surface area (Å²) >= 11 is 0. The van der Waals surface area contributed by atoms with Crippen LogP contribution < -0.4 is 0 Å². The molecule has 552 valence electrons. The summed E-state index contributed by atoms with van der Waals surface area (Å²) in [4.78, 5) is 36.0. The minimum Gasteiger partial charge on any atom is -0.462 e. The van der Waals surface area contributed by atoms with Gasteiger partial charge in [-0.05, 0) is 109 Å². The summed E-state index contributed by atoms with van der Waals surface area (Å²) in [5.74, 6) is -0.796. The van der Waals surface area contributed by atoms with Crippen LogP contribution in [0.2, 0.25) is 0 Å². The van der Waals surface area contributed by atoms with Crippen molar-refractivity contribution in [1.29, 1.82) is 0 Å². The van der Waals surface area contributed by atoms with Gasteiger partial charge in [-0.25, -0.2) is 4.57 Å². The van der Waals surface area contributed by atoms with Crippen LogP contribution in [0.15, 0.2) is 134 Å². The van der Waals surface area contributed by atoms with Crippen molar-refractivity contribution >= 4 is 19.8 Å². The molecule has 1 N–H and O–H groups in total. The maximum Gasteiger partial charge on any atom is 0.472 e. The van der Waals surface area contributed by atoms with E-state index in [4.69, 9.17) is 18.5 Å². The van der Waals surface area contributed by atoms with Gasteiger partial charge in [0, 0.05) is 12.8 Å². The molecule has 9 nitrogen and oxygen atoms in total. The van der Waals surface area contributed by atoms with Crippen molar-refractivity contribution in [2.75, 3.05) is 47.5 Å². The van der Waals surface area contributed by atoms with Gasteiger partial charge in [0.15, 0.2) is 6.10 Å². The van der Waals surface area contributed by atoms with Crippen LogP contribution in [0.5, 0.6) is 0 Å². The number of carbonyl (C=O) groups excluding carboxylic acids is 2. The Hall–Kier alpha value is -3.85. The lowest BCUT2D eigenvalue weighted by atomic mass is 10.0. The topological polar surface area (TPSA) is 108 Å². The van der Waals surface area contributed by atoms with Crippen LogP contribution in [0.3, 0.4) is 0 Å². The van der Waals surface area contributed by atoms with Gasteiger partial charge in [-0.1, -0.05) is 359 Å². The maximum atomic E-state index is 12.9. The lowest BCUT2D eigenvalue weighted by Gasteiger charge is -2.24. The number of nitrogens with zero attached hydrogens (tertiary/aromatic N) is 1. The second kappa shape index (κ2) is 75.4. The third-order valence-electron chi connectivity index (χ3n) is 17.2. The number of quaternary nitrogens is 1. The Kier molecular flexibility index (Phi) is 72.3. The van der Waals surface area contributed by atoms with Crippen molar-refractivity contribution in [2.24, 2.45) is 0 Å². The molecule has 0 bridgehead atoms. The molecule has 0 aromatic heterocycles. The minimum atomic E-state index is -4.40. The molecule has 0 rings (SSSR count). The van der Waals surface area contributed by atoms with Crippen molar-refractivity contribution in [3.8, 4) is 0 Å². The molecule has 0 aliphatic heterocycles. The van der Waals surface area contributed by atoms with Gasteiger partial charge in [0.1, 0.15) is 19.8 Å². The highest BCUT2D eigenvalue weighted by Gasteiger charge is 2.27. The number of carbonyl (C=O) groups is 2. The number of allylic oxidation sites excluding steroid dienone is 22. The number of esters is 2. The molecule has 0 amide bonds. The van der Waals surface area contributed by atoms with Gasteiger partial charge in [0.2, 0.25) is 0 Å². The van der Waals surface area contributed by atoms with Crippen LogP contribution in [-0.2, 0) is 32.7 Å². The minimum absolute atomic E-state index is 0.0267. The molecule has 0 aromatic carbocycles. The molecular weight excluding hydrogens is 1210 g/mol. The first-order valence-corrected chi connectivity index (χ1v) is 41.4. The average molecular weight is 1360 g/mol. The maximum absolute atomic E-state index is 12.9. The van der Waals surface area contributed by atoms with Gasteiger partial charge >= 0.3 is 19.8 Å². The molecule has 0 saturated heterocycles. The molecule has 0 aromatic rings. The number of hydrogen-bond acceptors (Lipinski definition) is 7.